The lowest BCUT2D eigenvalue weighted by Crippen LogP contribution is -2.17. The number of aryl methyl sites for hydroxylation is 1. The summed E-state index contributed by atoms with van der Waals surface area (Å²) in [6, 6.07) is 12.1. The third kappa shape index (κ3) is 3.31. The van der Waals surface area contributed by atoms with E-state index in [0.717, 1.165) is 22.4 Å². The Morgan fingerprint density at radius 3 is 2.10 bits per heavy atom. The molecule has 0 aromatic heterocycles. The quantitative estimate of drug-likeness (QED) is 0.906. The molecule has 21 heavy (non-hydrogen) atoms. The number of halogens is 1. The van der Waals surface area contributed by atoms with Gasteiger partial charge in [-0.2, -0.15) is 0 Å². The molecule has 0 fully saturated rings. The maximum Gasteiger partial charge on any atom is 0.137 e. The molecule has 1 N–H and O–H groups in total. The highest BCUT2D eigenvalue weighted by Crippen LogP contribution is 2.32. The molecule has 1 unspecified atom stereocenters. The molecule has 0 amide bonds. The largest absolute Gasteiger partial charge is 0.496 e. The van der Waals surface area contributed by atoms with E-state index in [0.29, 0.717) is 10.8 Å². The Kier molecular flexibility index (Phi) is 5.10. The van der Waals surface area contributed by atoms with Crippen molar-refractivity contribution in [3.05, 3.63) is 58.1 Å². The Balaban J connectivity index is 2.44. The molecule has 2 aromatic rings. The molecule has 2 aromatic carbocycles. The second-order valence-electron chi connectivity index (χ2n) is 4.84. The monoisotopic (exact) mass is 305 g/mol. The Morgan fingerprint density at radius 1 is 0.952 bits per heavy atom. The van der Waals surface area contributed by atoms with E-state index < -0.39 is 0 Å². The summed E-state index contributed by atoms with van der Waals surface area (Å²) < 4.78 is 10.7. The highest BCUT2D eigenvalue weighted by atomic mass is 35.5. The van der Waals surface area contributed by atoms with E-state index in [9.17, 15) is 0 Å². The predicted octanol–water partition coefficient (Wildman–Crippen LogP) is 3.97. The van der Waals surface area contributed by atoms with E-state index in [2.05, 4.69) is 23.5 Å². The SMILES string of the molecule is CNC(c1ccc(C)c(OC)c1)c1ccc(Cl)c(OC)c1. The van der Waals surface area contributed by atoms with Crippen LogP contribution in [0.15, 0.2) is 36.4 Å². The zero-order chi connectivity index (χ0) is 15.4. The number of ether oxygens (including phenoxy) is 2. The van der Waals surface area contributed by atoms with Crippen molar-refractivity contribution in [2.75, 3.05) is 21.3 Å². The fourth-order valence-electron chi connectivity index (χ4n) is 2.40. The van der Waals surface area contributed by atoms with Crippen LogP contribution in [0, 0.1) is 6.92 Å². The van der Waals surface area contributed by atoms with Crippen molar-refractivity contribution in [2.24, 2.45) is 0 Å². The molecular weight excluding hydrogens is 286 g/mol. The van der Waals surface area contributed by atoms with Gasteiger partial charge in [0.2, 0.25) is 0 Å². The molecule has 0 aliphatic carbocycles. The Bertz CT molecular complexity index is 575. The second kappa shape index (κ2) is 6.83. The molecule has 0 aliphatic rings. The first-order valence-corrected chi connectivity index (χ1v) is 7.13. The zero-order valence-electron chi connectivity index (χ0n) is 12.7. The lowest BCUT2D eigenvalue weighted by Gasteiger charge is -2.19. The van der Waals surface area contributed by atoms with Gasteiger partial charge in [-0.15, -0.1) is 0 Å². The summed E-state index contributed by atoms with van der Waals surface area (Å²) in [4.78, 5) is 0. The van der Waals surface area contributed by atoms with Gasteiger partial charge in [0.05, 0.1) is 25.3 Å². The summed E-state index contributed by atoms with van der Waals surface area (Å²) in [6.45, 7) is 2.03. The second-order valence-corrected chi connectivity index (χ2v) is 5.25. The van der Waals surface area contributed by atoms with Crippen LogP contribution in [0.5, 0.6) is 11.5 Å². The minimum atomic E-state index is 0.0469. The molecule has 0 bridgehead atoms. The van der Waals surface area contributed by atoms with Crippen molar-refractivity contribution in [2.45, 2.75) is 13.0 Å². The normalized spacial score (nSPS) is 12.0. The van der Waals surface area contributed by atoms with Gasteiger partial charge >= 0.3 is 0 Å². The fraction of sp³-hybridized carbons (Fsp3) is 0.294. The average molecular weight is 306 g/mol. The van der Waals surface area contributed by atoms with Crippen LogP contribution < -0.4 is 14.8 Å². The van der Waals surface area contributed by atoms with Crippen molar-refractivity contribution in [1.82, 2.24) is 5.32 Å². The van der Waals surface area contributed by atoms with E-state index in [-0.39, 0.29) is 6.04 Å². The summed E-state index contributed by atoms with van der Waals surface area (Å²) in [7, 11) is 5.23. The molecule has 3 nitrogen and oxygen atoms in total. The van der Waals surface area contributed by atoms with Crippen LogP contribution in [-0.4, -0.2) is 21.3 Å². The van der Waals surface area contributed by atoms with Crippen molar-refractivity contribution < 1.29 is 9.47 Å². The number of methoxy groups -OCH3 is 2. The smallest absolute Gasteiger partial charge is 0.137 e. The van der Waals surface area contributed by atoms with Crippen molar-refractivity contribution in [3.63, 3.8) is 0 Å². The van der Waals surface area contributed by atoms with E-state index in [1.807, 2.05) is 32.2 Å². The molecule has 2 rings (SSSR count). The van der Waals surface area contributed by atoms with Crippen LogP contribution in [0.1, 0.15) is 22.7 Å². The van der Waals surface area contributed by atoms with Crippen molar-refractivity contribution in [3.8, 4) is 11.5 Å². The van der Waals surface area contributed by atoms with Crippen LogP contribution in [0.4, 0.5) is 0 Å². The number of benzene rings is 2. The van der Waals surface area contributed by atoms with Crippen LogP contribution in [0.3, 0.4) is 0 Å². The lowest BCUT2D eigenvalue weighted by atomic mass is 9.97. The highest BCUT2D eigenvalue weighted by Gasteiger charge is 2.15. The van der Waals surface area contributed by atoms with E-state index in [4.69, 9.17) is 21.1 Å². The maximum absolute atomic E-state index is 6.09. The first-order valence-electron chi connectivity index (χ1n) is 6.76. The Labute approximate surface area is 130 Å². The summed E-state index contributed by atoms with van der Waals surface area (Å²) >= 11 is 6.09. The van der Waals surface area contributed by atoms with Crippen molar-refractivity contribution in [1.29, 1.82) is 0 Å². The van der Waals surface area contributed by atoms with Crippen molar-refractivity contribution >= 4 is 11.6 Å². The average Bonchev–Trinajstić information content (AvgIpc) is 2.51. The molecule has 0 radical (unpaired) electrons. The van der Waals surface area contributed by atoms with Gasteiger partial charge in [0.15, 0.2) is 0 Å². The zero-order valence-corrected chi connectivity index (χ0v) is 13.5. The van der Waals surface area contributed by atoms with Gasteiger partial charge in [-0.25, -0.2) is 0 Å². The van der Waals surface area contributed by atoms with Gasteiger partial charge in [-0.05, 0) is 48.9 Å². The molecule has 1 atom stereocenters. The van der Waals surface area contributed by atoms with Gasteiger partial charge < -0.3 is 14.8 Å². The number of nitrogens with one attached hydrogen (secondary N) is 1. The molecule has 0 aliphatic heterocycles. The number of hydrogen-bond donors (Lipinski definition) is 1. The van der Waals surface area contributed by atoms with Gasteiger partial charge in [-0.1, -0.05) is 29.8 Å². The topological polar surface area (TPSA) is 30.5 Å². The van der Waals surface area contributed by atoms with E-state index >= 15 is 0 Å². The molecular formula is C17H20ClNO2. The highest BCUT2D eigenvalue weighted by molar-refractivity contribution is 6.32. The first kappa shape index (κ1) is 15.7. The maximum atomic E-state index is 6.09. The summed E-state index contributed by atoms with van der Waals surface area (Å²) in [5.74, 6) is 1.56. The van der Waals surface area contributed by atoms with Crippen LogP contribution >= 0.6 is 11.6 Å². The third-order valence-electron chi connectivity index (χ3n) is 3.56. The Morgan fingerprint density at radius 2 is 1.52 bits per heavy atom. The molecule has 112 valence electrons. The molecule has 0 heterocycles. The summed E-state index contributed by atoms with van der Waals surface area (Å²) in [5.41, 5.74) is 3.33. The third-order valence-corrected chi connectivity index (χ3v) is 3.87. The minimum Gasteiger partial charge on any atom is -0.496 e. The van der Waals surface area contributed by atoms with Crippen LogP contribution in [0.25, 0.3) is 0 Å². The van der Waals surface area contributed by atoms with Crippen LogP contribution in [0.2, 0.25) is 5.02 Å². The number of rotatable bonds is 5. The van der Waals surface area contributed by atoms with E-state index in [1.54, 1.807) is 14.2 Å². The van der Waals surface area contributed by atoms with E-state index in [1.165, 1.54) is 0 Å². The standard InChI is InChI=1S/C17H20ClNO2/c1-11-5-6-12(9-15(11)20-3)17(19-2)13-7-8-14(18)16(10-13)21-4/h5-10,17,19H,1-4H3. The molecule has 4 heteroatoms. The summed E-state index contributed by atoms with van der Waals surface area (Å²) in [5, 5.41) is 3.93. The predicted molar refractivity (Wildman–Crippen MR) is 86.6 cm³/mol. The Hall–Kier alpha value is -1.71. The van der Waals surface area contributed by atoms with Gasteiger partial charge in [0, 0.05) is 0 Å². The number of hydrogen-bond acceptors (Lipinski definition) is 3. The first-order chi connectivity index (χ1) is 10.1. The molecule has 0 saturated carbocycles. The van der Waals surface area contributed by atoms with Gasteiger partial charge in [0.25, 0.3) is 0 Å². The summed E-state index contributed by atoms with van der Waals surface area (Å²) in [6.07, 6.45) is 0. The fourth-order valence-corrected chi connectivity index (χ4v) is 2.59. The molecule has 0 spiro atoms. The molecule has 0 saturated heterocycles. The van der Waals surface area contributed by atoms with Gasteiger partial charge in [0.1, 0.15) is 11.5 Å². The van der Waals surface area contributed by atoms with Crippen LogP contribution in [-0.2, 0) is 0 Å². The lowest BCUT2D eigenvalue weighted by molar-refractivity contribution is 0.410. The minimum absolute atomic E-state index is 0.0469. The van der Waals surface area contributed by atoms with Gasteiger partial charge in [-0.3, -0.25) is 0 Å².